The lowest BCUT2D eigenvalue weighted by atomic mass is 10.1. The molecule has 1 aliphatic rings. The highest BCUT2D eigenvalue weighted by Gasteiger charge is 2.12. The molecule has 0 atom stereocenters. The van der Waals surface area contributed by atoms with Crippen molar-refractivity contribution >= 4 is 12.1 Å². The van der Waals surface area contributed by atoms with Crippen LogP contribution in [0.3, 0.4) is 0 Å². The Labute approximate surface area is 140 Å². The van der Waals surface area contributed by atoms with Gasteiger partial charge in [-0.15, -0.1) is 0 Å². The summed E-state index contributed by atoms with van der Waals surface area (Å²) in [5, 5.41) is 3.91. The predicted molar refractivity (Wildman–Crippen MR) is 89.7 cm³/mol. The third kappa shape index (κ3) is 3.84. The van der Waals surface area contributed by atoms with Gasteiger partial charge >= 0.3 is 0 Å². The molecule has 0 aliphatic carbocycles. The van der Waals surface area contributed by atoms with Crippen molar-refractivity contribution in [2.24, 2.45) is 5.10 Å². The molecule has 0 unspecified atom stereocenters. The zero-order chi connectivity index (χ0) is 16.9. The van der Waals surface area contributed by atoms with E-state index in [1.807, 2.05) is 38.1 Å². The maximum Gasteiger partial charge on any atom is 0.277 e. The van der Waals surface area contributed by atoms with E-state index in [9.17, 15) is 4.79 Å². The molecule has 0 radical (unpaired) electrons. The van der Waals surface area contributed by atoms with E-state index in [0.717, 1.165) is 11.1 Å². The minimum absolute atomic E-state index is 0.0963. The van der Waals surface area contributed by atoms with Gasteiger partial charge in [0.05, 0.1) is 6.21 Å². The number of hydrazone groups is 1. The van der Waals surface area contributed by atoms with E-state index in [1.54, 1.807) is 12.1 Å². The van der Waals surface area contributed by atoms with Gasteiger partial charge in [-0.05, 0) is 60.9 Å². The lowest BCUT2D eigenvalue weighted by Gasteiger charge is -2.07. The Bertz CT molecular complexity index is 787. The summed E-state index contributed by atoms with van der Waals surface area (Å²) in [6.07, 6.45) is 1.54. The summed E-state index contributed by atoms with van der Waals surface area (Å²) in [7, 11) is 0. The van der Waals surface area contributed by atoms with Crippen LogP contribution in [0.15, 0.2) is 41.5 Å². The van der Waals surface area contributed by atoms with E-state index in [-0.39, 0.29) is 19.3 Å². The number of aryl methyl sites for hydroxylation is 2. The second kappa shape index (κ2) is 7.04. The van der Waals surface area contributed by atoms with Crippen molar-refractivity contribution in [1.29, 1.82) is 0 Å². The Morgan fingerprint density at radius 1 is 1.17 bits per heavy atom. The first-order valence-corrected chi connectivity index (χ1v) is 7.53. The van der Waals surface area contributed by atoms with Crippen LogP contribution in [0.4, 0.5) is 0 Å². The summed E-state index contributed by atoms with van der Waals surface area (Å²) in [5.41, 5.74) is 5.53. The number of amides is 1. The fourth-order valence-corrected chi connectivity index (χ4v) is 2.16. The highest BCUT2D eigenvalue weighted by molar-refractivity contribution is 5.83. The van der Waals surface area contributed by atoms with Crippen molar-refractivity contribution in [3.8, 4) is 17.2 Å². The first kappa shape index (κ1) is 15.9. The molecule has 2 aromatic rings. The van der Waals surface area contributed by atoms with Crippen molar-refractivity contribution < 1.29 is 19.0 Å². The predicted octanol–water partition coefficient (Wildman–Crippen LogP) is 2.56. The Balaban J connectivity index is 1.49. The Kier molecular flexibility index (Phi) is 4.65. The Morgan fingerprint density at radius 3 is 2.83 bits per heavy atom. The number of benzene rings is 2. The number of fused-ring (bicyclic) bond motifs is 1. The average Bonchev–Trinajstić information content (AvgIpc) is 3.04. The summed E-state index contributed by atoms with van der Waals surface area (Å²) in [6, 6.07) is 11.1. The van der Waals surface area contributed by atoms with Crippen LogP contribution in [-0.4, -0.2) is 25.5 Å². The standard InChI is InChI=1S/C18H18N2O4/c1-12-3-5-15(7-13(12)2)22-10-18(21)20-19-9-14-4-6-16-17(8-14)24-11-23-16/h3-9H,10-11H2,1-2H3,(H,20,21)/b19-9+. The van der Waals surface area contributed by atoms with Gasteiger partial charge in [0.1, 0.15) is 5.75 Å². The number of rotatable bonds is 5. The summed E-state index contributed by atoms with van der Waals surface area (Å²) < 4.78 is 16.0. The first-order chi connectivity index (χ1) is 11.6. The van der Waals surface area contributed by atoms with E-state index in [4.69, 9.17) is 14.2 Å². The topological polar surface area (TPSA) is 69.2 Å². The maximum atomic E-state index is 11.8. The number of carbonyl (C=O) groups is 1. The third-order valence-electron chi connectivity index (χ3n) is 3.65. The fraction of sp³-hybridized carbons (Fsp3) is 0.222. The molecule has 0 fully saturated rings. The van der Waals surface area contributed by atoms with Crippen molar-refractivity contribution in [3.63, 3.8) is 0 Å². The molecular formula is C18H18N2O4. The third-order valence-corrected chi connectivity index (χ3v) is 3.65. The summed E-state index contributed by atoms with van der Waals surface area (Å²) >= 11 is 0. The van der Waals surface area contributed by atoms with E-state index < -0.39 is 0 Å². The molecule has 0 aromatic heterocycles. The number of carbonyl (C=O) groups excluding carboxylic acids is 1. The zero-order valence-electron chi connectivity index (χ0n) is 13.5. The number of hydrogen-bond donors (Lipinski definition) is 1. The smallest absolute Gasteiger partial charge is 0.277 e. The lowest BCUT2D eigenvalue weighted by Crippen LogP contribution is -2.24. The minimum Gasteiger partial charge on any atom is -0.484 e. The summed E-state index contributed by atoms with van der Waals surface area (Å²) in [6.45, 7) is 4.15. The first-order valence-electron chi connectivity index (χ1n) is 7.53. The molecule has 0 bridgehead atoms. The second-order valence-electron chi connectivity index (χ2n) is 5.44. The molecule has 6 nitrogen and oxygen atoms in total. The Morgan fingerprint density at radius 2 is 2.00 bits per heavy atom. The van der Waals surface area contributed by atoms with Gasteiger partial charge in [-0.25, -0.2) is 5.43 Å². The van der Waals surface area contributed by atoms with Gasteiger partial charge in [0.25, 0.3) is 5.91 Å². The van der Waals surface area contributed by atoms with E-state index in [0.29, 0.717) is 17.2 Å². The average molecular weight is 326 g/mol. The monoisotopic (exact) mass is 326 g/mol. The van der Waals surface area contributed by atoms with E-state index >= 15 is 0 Å². The van der Waals surface area contributed by atoms with Crippen molar-refractivity contribution in [3.05, 3.63) is 53.1 Å². The molecule has 6 heteroatoms. The SMILES string of the molecule is Cc1ccc(OCC(=O)N/N=C/c2ccc3c(c2)OCO3)cc1C. The molecule has 24 heavy (non-hydrogen) atoms. The van der Waals surface area contributed by atoms with E-state index in [2.05, 4.69) is 10.5 Å². The molecule has 1 N–H and O–H groups in total. The molecule has 0 spiro atoms. The summed E-state index contributed by atoms with van der Waals surface area (Å²) in [4.78, 5) is 11.8. The van der Waals surface area contributed by atoms with Gasteiger partial charge in [-0.3, -0.25) is 4.79 Å². The van der Waals surface area contributed by atoms with Crippen molar-refractivity contribution in [2.45, 2.75) is 13.8 Å². The Hall–Kier alpha value is -3.02. The molecular weight excluding hydrogens is 308 g/mol. The minimum atomic E-state index is -0.328. The zero-order valence-corrected chi connectivity index (χ0v) is 13.5. The maximum absolute atomic E-state index is 11.8. The van der Waals surface area contributed by atoms with Gasteiger partial charge in [-0.2, -0.15) is 5.10 Å². The number of ether oxygens (including phenoxy) is 3. The number of nitrogens with one attached hydrogen (secondary N) is 1. The summed E-state index contributed by atoms with van der Waals surface area (Å²) in [5.74, 6) is 1.71. The van der Waals surface area contributed by atoms with Crippen LogP contribution in [0.2, 0.25) is 0 Å². The molecule has 0 saturated heterocycles. The van der Waals surface area contributed by atoms with Crippen molar-refractivity contribution in [2.75, 3.05) is 13.4 Å². The van der Waals surface area contributed by atoms with Crippen LogP contribution >= 0.6 is 0 Å². The molecule has 1 aliphatic heterocycles. The molecule has 124 valence electrons. The van der Waals surface area contributed by atoms with Gasteiger partial charge < -0.3 is 14.2 Å². The molecule has 1 heterocycles. The molecule has 2 aromatic carbocycles. The number of nitrogens with zero attached hydrogens (tertiary/aromatic N) is 1. The fourth-order valence-electron chi connectivity index (χ4n) is 2.16. The van der Waals surface area contributed by atoms with E-state index in [1.165, 1.54) is 11.8 Å². The quantitative estimate of drug-likeness (QED) is 0.677. The van der Waals surface area contributed by atoms with Crippen molar-refractivity contribution in [1.82, 2.24) is 5.43 Å². The van der Waals surface area contributed by atoms with Gasteiger partial charge in [0.15, 0.2) is 18.1 Å². The lowest BCUT2D eigenvalue weighted by molar-refractivity contribution is -0.123. The van der Waals surface area contributed by atoms with Crippen LogP contribution in [0.1, 0.15) is 16.7 Å². The molecule has 1 amide bonds. The highest BCUT2D eigenvalue weighted by Crippen LogP contribution is 2.31. The van der Waals surface area contributed by atoms with Crippen LogP contribution in [0.25, 0.3) is 0 Å². The van der Waals surface area contributed by atoms with Crippen LogP contribution < -0.4 is 19.6 Å². The molecule has 3 rings (SSSR count). The van der Waals surface area contributed by atoms with Crippen LogP contribution in [0.5, 0.6) is 17.2 Å². The van der Waals surface area contributed by atoms with Gasteiger partial charge in [0.2, 0.25) is 6.79 Å². The van der Waals surface area contributed by atoms with Crippen LogP contribution in [0, 0.1) is 13.8 Å². The highest BCUT2D eigenvalue weighted by atomic mass is 16.7. The largest absolute Gasteiger partial charge is 0.484 e. The normalized spacial score (nSPS) is 12.4. The van der Waals surface area contributed by atoms with Gasteiger partial charge in [0, 0.05) is 0 Å². The second-order valence-corrected chi connectivity index (χ2v) is 5.44. The van der Waals surface area contributed by atoms with Gasteiger partial charge in [-0.1, -0.05) is 6.07 Å². The molecule has 0 saturated carbocycles. The van der Waals surface area contributed by atoms with Crippen LogP contribution in [-0.2, 0) is 4.79 Å². The number of hydrogen-bond acceptors (Lipinski definition) is 5.